The number of methoxy groups -OCH3 is 1. The van der Waals surface area contributed by atoms with Gasteiger partial charge in [-0.2, -0.15) is 4.98 Å². The van der Waals surface area contributed by atoms with E-state index in [4.69, 9.17) is 26.1 Å². The van der Waals surface area contributed by atoms with Crippen molar-refractivity contribution in [1.29, 1.82) is 0 Å². The number of aromatic carboxylic acids is 1. The number of H-pyrrole nitrogens is 1. The molecule has 0 unspecified atom stereocenters. The maximum absolute atomic E-state index is 11.5. The van der Waals surface area contributed by atoms with E-state index in [1.165, 1.54) is 6.20 Å². The smallest absolute Gasteiger partial charge is 0.337 e. The second-order valence-corrected chi connectivity index (χ2v) is 7.98. The molecule has 0 bridgehead atoms. The van der Waals surface area contributed by atoms with Crippen LogP contribution < -0.4 is 9.64 Å². The first kappa shape index (κ1) is 18.3. The lowest BCUT2D eigenvalue weighted by Gasteiger charge is -2.20. The first-order valence-corrected chi connectivity index (χ1v) is 9.85. The van der Waals surface area contributed by atoms with Crippen molar-refractivity contribution in [3.05, 3.63) is 41.0 Å². The number of ether oxygens (including phenoxy) is 2. The van der Waals surface area contributed by atoms with Gasteiger partial charge < -0.3 is 24.5 Å². The number of carbonyl (C=O) groups is 1. The Hall–Kier alpha value is -2.77. The number of hydrogen-bond acceptors (Lipinski definition) is 5. The van der Waals surface area contributed by atoms with E-state index in [9.17, 15) is 9.90 Å². The fourth-order valence-corrected chi connectivity index (χ4v) is 4.63. The Kier molecular flexibility index (Phi) is 4.37. The number of benzene rings is 1. The average Bonchev–Trinajstić information content (AvgIpc) is 3.41. The average molecular weight is 414 g/mol. The van der Waals surface area contributed by atoms with Crippen LogP contribution >= 0.6 is 11.6 Å². The maximum Gasteiger partial charge on any atom is 0.337 e. The minimum Gasteiger partial charge on any atom is -0.480 e. The third-order valence-electron chi connectivity index (χ3n) is 5.89. The summed E-state index contributed by atoms with van der Waals surface area (Å²) in [6, 6.07) is 7.41. The van der Waals surface area contributed by atoms with Gasteiger partial charge in [0.1, 0.15) is 5.82 Å². The molecule has 3 aromatic rings. The molecule has 0 saturated carbocycles. The van der Waals surface area contributed by atoms with Gasteiger partial charge in [0, 0.05) is 53.2 Å². The number of carboxylic acids is 1. The van der Waals surface area contributed by atoms with Gasteiger partial charge in [0.2, 0.25) is 5.88 Å². The van der Waals surface area contributed by atoms with Crippen molar-refractivity contribution in [2.24, 2.45) is 11.8 Å². The van der Waals surface area contributed by atoms with Crippen molar-refractivity contribution in [2.45, 2.75) is 0 Å². The number of aromatic amines is 1. The number of nitrogens with zero attached hydrogens (tertiary/aromatic N) is 2. The summed E-state index contributed by atoms with van der Waals surface area (Å²) in [5, 5.41) is 10.5. The molecule has 1 aromatic carbocycles. The van der Waals surface area contributed by atoms with Crippen LogP contribution in [0.15, 0.2) is 30.5 Å². The number of hydrogen-bond donors (Lipinski definition) is 2. The molecule has 2 fully saturated rings. The summed E-state index contributed by atoms with van der Waals surface area (Å²) in [4.78, 5) is 21.4. The molecule has 150 valence electrons. The Morgan fingerprint density at radius 3 is 2.72 bits per heavy atom. The summed E-state index contributed by atoms with van der Waals surface area (Å²) in [7, 11) is 1.58. The number of fused-ring (bicyclic) bond motifs is 2. The van der Waals surface area contributed by atoms with E-state index in [-0.39, 0.29) is 5.56 Å². The molecule has 2 aliphatic rings. The van der Waals surface area contributed by atoms with E-state index in [1.54, 1.807) is 19.2 Å². The normalized spacial score (nSPS) is 21.0. The Morgan fingerprint density at radius 1 is 1.28 bits per heavy atom. The summed E-state index contributed by atoms with van der Waals surface area (Å²) >= 11 is 6.51. The summed E-state index contributed by atoms with van der Waals surface area (Å²) in [6.07, 6.45) is 1.47. The predicted molar refractivity (Wildman–Crippen MR) is 110 cm³/mol. The van der Waals surface area contributed by atoms with Gasteiger partial charge in [-0.15, -0.1) is 0 Å². The number of carboxylic acid groups (broad SMARTS) is 1. The molecule has 5 rings (SSSR count). The number of nitrogens with one attached hydrogen (secondary N) is 1. The van der Waals surface area contributed by atoms with Crippen LogP contribution in [0, 0.1) is 11.8 Å². The topological polar surface area (TPSA) is 87.7 Å². The molecule has 2 saturated heterocycles. The molecule has 2 aliphatic heterocycles. The Labute approximate surface area is 172 Å². The molecule has 29 heavy (non-hydrogen) atoms. The van der Waals surface area contributed by atoms with Gasteiger partial charge >= 0.3 is 5.97 Å². The van der Waals surface area contributed by atoms with Crippen molar-refractivity contribution >= 4 is 34.3 Å². The molecule has 4 heterocycles. The van der Waals surface area contributed by atoms with E-state index in [2.05, 4.69) is 9.88 Å². The Bertz CT molecular complexity index is 1100. The molecule has 2 atom stereocenters. The first-order chi connectivity index (χ1) is 14.0. The van der Waals surface area contributed by atoms with Gasteiger partial charge in [-0.05, 0) is 24.3 Å². The van der Waals surface area contributed by atoms with Gasteiger partial charge in [0.05, 0.1) is 30.9 Å². The summed E-state index contributed by atoms with van der Waals surface area (Å²) < 4.78 is 11.1. The van der Waals surface area contributed by atoms with Gasteiger partial charge in [0.15, 0.2) is 0 Å². The standard InChI is InChI=1S/C21H20ClN3O4/c1-28-20-13(2-3-19(24-20)25-7-11-9-29-10-12(11)8-25)14-4-15-16(21(26)27)6-23-18(15)5-17(14)22/h2-6,11-12,23H,7-10H2,1H3,(H,26,27)/t11-,12+. The number of rotatable bonds is 4. The van der Waals surface area contributed by atoms with Crippen LogP contribution in [-0.4, -0.2) is 54.5 Å². The monoisotopic (exact) mass is 413 g/mol. The molecule has 2 aromatic heterocycles. The van der Waals surface area contributed by atoms with E-state index < -0.39 is 5.97 Å². The van der Waals surface area contributed by atoms with Crippen LogP contribution in [0.3, 0.4) is 0 Å². The largest absolute Gasteiger partial charge is 0.480 e. The lowest BCUT2D eigenvalue weighted by Crippen LogP contribution is -2.23. The predicted octanol–water partition coefficient (Wildman–Crippen LogP) is 3.67. The number of pyridine rings is 1. The SMILES string of the molecule is COc1nc(N2C[C@H]3COC[C@H]3C2)ccc1-c1cc2c(C(=O)O)c[nH]c2cc1Cl. The fraction of sp³-hybridized carbons (Fsp3) is 0.333. The zero-order chi connectivity index (χ0) is 20.1. The molecule has 7 nitrogen and oxygen atoms in total. The number of anilines is 1. The maximum atomic E-state index is 11.5. The highest BCUT2D eigenvalue weighted by molar-refractivity contribution is 6.34. The van der Waals surface area contributed by atoms with Gasteiger partial charge in [-0.25, -0.2) is 4.79 Å². The van der Waals surface area contributed by atoms with Crippen molar-refractivity contribution < 1.29 is 19.4 Å². The summed E-state index contributed by atoms with van der Waals surface area (Å²) in [5.74, 6) is 1.45. The van der Waals surface area contributed by atoms with Crippen molar-refractivity contribution in [3.8, 4) is 17.0 Å². The van der Waals surface area contributed by atoms with E-state index >= 15 is 0 Å². The van der Waals surface area contributed by atoms with Crippen molar-refractivity contribution in [2.75, 3.05) is 38.3 Å². The van der Waals surface area contributed by atoms with Crippen LogP contribution in [0.25, 0.3) is 22.0 Å². The van der Waals surface area contributed by atoms with Crippen LogP contribution in [0.2, 0.25) is 5.02 Å². The molecule has 0 spiro atoms. The first-order valence-electron chi connectivity index (χ1n) is 9.47. The van der Waals surface area contributed by atoms with E-state index in [0.29, 0.717) is 39.2 Å². The lowest BCUT2D eigenvalue weighted by molar-refractivity contribution is 0.0699. The molecule has 0 radical (unpaired) electrons. The molecular weight excluding hydrogens is 394 g/mol. The Morgan fingerprint density at radius 2 is 2.03 bits per heavy atom. The van der Waals surface area contributed by atoms with Crippen LogP contribution in [-0.2, 0) is 4.74 Å². The van der Waals surface area contributed by atoms with Crippen molar-refractivity contribution in [1.82, 2.24) is 9.97 Å². The van der Waals surface area contributed by atoms with Crippen molar-refractivity contribution in [3.63, 3.8) is 0 Å². The lowest BCUT2D eigenvalue weighted by atomic mass is 10.0. The van der Waals surface area contributed by atoms with Crippen LogP contribution in [0.1, 0.15) is 10.4 Å². The van der Waals surface area contributed by atoms with Crippen LogP contribution in [0.4, 0.5) is 5.82 Å². The molecule has 2 N–H and O–H groups in total. The van der Waals surface area contributed by atoms with Gasteiger partial charge in [0.25, 0.3) is 0 Å². The van der Waals surface area contributed by atoms with Gasteiger partial charge in [-0.1, -0.05) is 11.6 Å². The summed E-state index contributed by atoms with van der Waals surface area (Å²) in [5.41, 5.74) is 2.28. The molecule has 0 amide bonds. The number of aromatic nitrogens is 2. The van der Waals surface area contributed by atoms with Gasteiger partial charge in [-0.3, -0.25) is 0 Å². The zero-order valence-electron chi connectivity index (χ0n) is 15.8. The van der Waals surface area contributed by atoms with E-state index in [0.717, 1.165) is 37.7 Å². The zero-order valence-corrected chi connectivity index (χ0v) is 16.6. The quantitative estimate of drug-likeness (QED) is 0.678. The molecule has 0 aliphatic carbocycles. The highest BCUT2D eigenvalue weighted by atomic mass is 35.5. The molecular formula is C21H20ClN3O4. The highest BCUT2D eigenvalue weighted by Crippen LogP contribution is 2.39. The highest BCUT2D eigenvalue weighted by Gasteiger charge is 2.37. The van der Waals surface area contributed by atoms with E-state index in [1.807, 2.05) is 12.1 Å². The molecule has 8 heteroatoms. The fourth-order valence-electron chi connectivity index (χ4n) is 4.37. The minimum atomic E-state index is -0.992. The van der Waals surface area contributed by atoms with Crippen LogP contribution in [0.5, 0.6) is 5.88 Å². The summed E-state index contributed by atoms with van der Waals surface area (Å²) in [6.45, 7) is 3.49. The number of halogens is 1. The third kappa shape index (κ3) is 3.01. The second kappa shape index (κ2) is 6.93. The Balaban J connectivity index is 1.55. The minimum absolute atomic E-state index is 0.201. The second-order valence-electron chi connectivity index (χ2n) is 7.57. The third-order valence-corrected chi connectivity index (χ3v) is 6.21.